The van der Waals surface area contributed by atoms with Crippen LogP contribution in [0, 0.1) is 0 Å². The maximum absolute atomic E-state index is 11.5. The van der Waals surface area contributed by atoms with Crippen LogP contribution >= 0.6 is 0 Å². The number of ether oxygens (including phenoxy) is 1. The Balaban J connectivity index is 1.97. The SMILES string of the molecule is CC(N)CCCC(=O)NCCCOc1ccccc1. The van der Waals surface area contributed by atoms with Crippen molar-refractivity contribution < 1.29 is 9.53 Å². The summed E-state index contributed by atoms with van der Waals surface area (Å²) in [4.78, 5) is 11.5. The Kier molecular flexibility index (Phi) is 7.66. The third-order valence-electron chi connectivity index (χ3n) is 2.72. The van der Waals surface area contributed by atoms with Gasteiger partial charge in [0.25, 0.3) is 0 Å². The molecule has 0 fully saturated rings. The maximum atomic E-state index is 11.5. The quantitative estimate of drug-likeness (QED) is 0.671. The molecule has 0 saturated carbocycles. The number of carbonyl (C=O) groups is 1. The van der Waals surface area contributed by atoms with Gasteiger partial charge in [-0.15, -0.1) is 0 Å². The van der Waals surface area contributed by atoms with Crippen molar-refractivity contribution in [1.29, 1.82) is 0 Å². The molecule has 19 heavy (non-hydrogen) atoms. The monoisotopic (exact) mass is 264 g/mol. The van der Waals surface area contributed by atoms with Crippen LogP contribution in [0.25, 0.3) is 0 Å². The van der Waals surface area contributed by atoms with Gasteiger partial charge in [-0.2, -0.15) is 0 Å². The van der Waals surface area contributed by atoms with Crippen molar-refractivity contribution in [1.82, 2.24) is 5.32 Å². The Morgan fingerprint density at radius 3 is 2.74 bits per heavy atom. The topological polar surface area (TPSA) is 64.4 Å². The summed E-state index contributed by atoms with van der Waals surface area (Å²) in [6.45, 7) is 3.23. The fraction of sp³-hybridized carbons (Fsp3) is 0.533. The first-order valence-electron chi connectivity index (χ1n) is 6.88. The molecule has 1 unspecified atom stereocenters. The minimum Gasteiger partial charge on any atom is -0.494 e. The van der Waals surface area contributed by atoms with Crippen molar-refractivity contribution in [2.45, 2.75) is 38.6 Å². The molecule has 1 atom stereocenters. The Hall–Kier alpha value is -1.55. The highest BCUT2D eigenvalue weighted by atomic mass is 16.5. The van der Waals surface area contributed by atoms with E-state index in [1.54, 1.807) is 0 Å². The van der Waals surface area contributed by atoms with Crippen LogP contribution in [0.5, 0.6) is 5.75 Å². The predicted octanol–water partition coefficient (Wildman–Crippen LogP) is 2.09. The minimum atomic E-state index is 0.0976. The Morgan fingerprint density at radius 2 is 2.05 bits per heavy atom. The average molecular weight is 264 g/mol. The first kappa shape index (κ1) is 15.5. The molecule has 1 amide bonds. The molecule has 106 valence electrons. The summed E-state index contributed by atoms with van der Waals surface area (Å²) < 4.78 is 5.53. The van der Waals surface area contributed by atoms with Gasteiger partial charge in [-0.25, -0.2) is 0 Å². The highest BCUT2D eigenvalue weighted by Gasteiger charge is 2.01. The number of nitrogens with two attached hydrogens (primary N) is 1. The molecule has 3 N–H and O–H groups in total. The maximum Gasteiger partial charge on any atom is 0.219 e. The molecule has 1 aromatic carbocycles. The molecule has 1 aromatic rings. The number of hydrogen-bond donors (Lipinski definition) is 2. The van der Waals surface area contributed by atoms with E-state index in [9.17, 15) is 4.79 Å². The number of para-hydroxylation sites is 1. The molecule has 0 radical (unpaired) electrons. The van der Waals surface area contributed by atoms with Gasteiger partial charge in [0.2, 0.25) is 5.91 Å². The second-order valence-corrected chi connectivity index (χ2v) is 4.73. The van der Waals surface area contributed by atoms with Crippen LogP contribution in [-0.2, 0) is 4.79 Å². The van der Waals surface area contributed by atoms with E-state index in [4.69, 9.17) is 10.5 Å². The summed E-state index contributed by atoms with van der Waals surface area (Å²) >= 11 is 0. The van der Waals surface area contributed by atoms with E-state index in [-0.39, 0.29) is 11.9 Å². The molecule has 4 heteroatoms. The first-order valence-corrected chi connectivity index (χ1v) is 6.88. The van der Waals surface area contributed by atoms with Crippen LogP contribution < -0.4 is 15.8 Å². The molecule has 0 aliphatic heterocycles. The van der Waals surface area contributed by atoms with Gasteiger partial charge >= 0.3 is 0 Å². The summed E-state index contributed by atoms with van der Waals surface area (Å²) in [6, 6.07) is 9.85. The zero-order valence-corrected chi connectivity index (χ0v) is 11.6. The van der Waals surface area contributed by atoms with E-state index in [2.05, 4.69) is 5.32 Å². The molecule has 0 aliphatic rings. The lowest BCUT2D eigenvalue weighted by Gasteiger charge is -2.08. The van der Waals surface area contributed by atoms with Crippen LogP contribution in [0.2, 0.25) is 0 Å². The highest BCUT2D eigenvalue weighted by molar-refractivity contribution is 5.75. The Bertz CT molecular complexity index is 352. The third kappa shape index (κ3) is 8.21. The number of hydrogen-bond acceptors (Lipinski definition) is 3. The van der Waals surface area contributed by atoms with E-state index in [1.807, 2.05) is 37.3 Å². The van der Waals surface area contributed by atoms with Crippen molar-refractivity contribution in [3.05, 3.63) is 30.3 Å². The summed E-state index contributed by atoms with van der Waals surface area (Å²) in [5.74, 6) is 0.964. The standard InChI is InChI=1S/C15H24N2O2/c1-13(16)7-5-10-15(18)17-11-6-12-19-14-8-3-2-4-9-14/h2-4,8-9,13H,5-7,10-12,16H2,1H3,(H,17,18). The predicted molar refractivity (Wildman–Crippen MR) is 77.1 cm³/mol. The van der Waals surface area contributed by atoms with Crippen LogP contribution in [0.3, 0.4) is 0 Å². The van der Waals surface area contributed by atoms with Crippen LogP contribution in [0.15, 0.2) is 30.3 Å². The number of carbonyl (C=O) groups excluding carboxylic acids is 1. The molecule has 0 spiro atoms. The number of nitrogens with one attached hydrogen (secondary N) is 1. The van der Waals surface area contributed by atoms with Gasteiger partial charge in [-0.05, 0) is 38.3 Å². The molecule has 0 bridgehead atoms. The zero-order chi connectivity index (χ0) is 13.9. The molecule has 0 saturated heterocycles. The van der Waals surface area contributed by atoms with Gasteiger partial charge in [0.05, 0.1) is 6.61 Å². The van der Waals surface area contributed by atoms with E-state index in [0.717, 1.165) is 25.0 Å². The van der Waals surface area contributed by atoms with Gasteiger partial charge in [0, 0.05) is 19.0 Å². The lowest BCUT2D eigenvalue weighted by atomic mass is 10.1. The van der Waals surface area contributed by atoms with Crippen LogP contribution in [0.1, 0.15) is 32.6 Å². The van der Waals surface area contributed by atoms with Gasteiger partial charge in [-0.1, -0.05) is 18.2 Å². The molecular weight excluding hydrogens is 240 g/mol. The number of benzene rings is 1. The fourth-order valence-electron chi connectivity index (χ4n) is 1.68. The van der Waals surface area contributed by atoms with Gasteiger partial charge in [0.1, 0.15) is 5.75 Å². The van der Waals surface area contributed by atoms with Gasteiger partial charge < -0.3 is 15.8 Å². The zero-order valence-electron chi connectivity index (χ0n) is 11.6. The van der Waals surface area contributed by atoms with E-state index in [0.29, 0.717) is 19.6 Å². The third-order valence-corrected chi connectivity index (χ3v) is 2.72. The smallest absolute Gasteiger partial charge is 0.219 e. The average Bonchev–Trinajstić information content (AvgIpc) is 2.39. The van der Waals surface area contributed by atoms with Crippen LogP contribution in [0.4, 0.5) is 0 Å². The van der Waals surface area contributed by atoms with E-state index >= 15 is 0 Å². The molecule has 0 heterocycles. The molecule has 1 rings (SSSR count). The van der Waals surface area contributed by atoms with Gasteiger partial charge in [0.15, 0.2) is 0 Å². The molecule has 4 nitrogen and oxygen atoms in total. The summed E-state index contributed by atoms with van der Waals surface area (Å²) in [5, 5.41) is 2.88. The molecule has 0 aromatic heterocycles. The molecule has 0 aliphatic carbocycles. The normalized spacial score (nSPS) is 11.9. The van der Waals surface area contributed by atoms with Crippen LogP contribution in [-0.4, -0.2) is 25.1 Å². The number of rotatable bonds is 9. The van der Waals surface area contributed by atoms with Crippen molar-refractivity contribution in [2.24, 2.45) is 5.73 Å². The minimum absolute atomic E-state index is 0.0976. The second-order valence-electron chi connectivity index (χ2n) is 4.73. The summed E-state index contributed by atoms with van der Waals surface area (Å²) in [5.41, 5.74) is 5.63. The number of amides is 1. The lowest BCUT2D eigenvalue weighted by Crippen LogP contribution is -2.25. The molecular formula is C15H24N2O2. The van der Waals surface area contributed by atoms with Crippen molar-refractivity contribution >= 4 is 5.91 Å². The van der Waals surface area contributed by atoms with Crippen molar-refractivity contribution in [3.8, 4) is 5.75 Å². The van der Waals surface area contributed by atoms with Crippen molar-refractivity contribution in [2.75, 3.05) is 13.2 Å². The highest BCUT2D eigenvalue weighted by Crippen LogP contribution is 2.08. The van der Waals surface area contributed by atoms with Crippen molar-refractivity contribution in [3.63, 3.8) is 0 Å². The van der Waals surface area contributed by atoms with E-state index < -0.39 is 0 Å². The largest absolute Gasteiger partial charge is 0.494 e. The lowest BCUT2D eigenvalue weighted by molar-refractivity contribution is -0.121. The Labute approximate surface area is 115 Å². The van der Waals surface area contributed by atoms with Gasteiger partial charge in [-0.3, -0.25) is 4.79 Å². The summed E-state index contributed by atoms with van der Waals surface area (Å²) in [6.07, 6.45) is 3.11. The first-order chi connectivity index (χ1) is 9.18. The summed E-state index contributed by atoms with van der Waals surface area (Å²) in [7, 11) is 0. The van der Waals surface area contributed by atoms with E-state index in [1.165, 1.54) is 0 Å². The second kappa shape index (κ2) is 9.39. The Morgan fingerprint density at radius 1 is 1.32 bits per heavy atom. The fourth-order valence-corrected chi connectivity index (χ4v) is 1.68.